The molecule has 8 heteroatoms. The van der Waals surface area contributed by atoms with Crippen molar-refractivity contribution in [2.45, 2.75) is 38.5 Å². The summed E-state index contributed by atoms with van der Waals surface area (Å²) in [7, 11) is 0. The molecule has 6 nitrogen and oxygen atoms in total. The van der Waals surface area contributed by atoms with Gasteiger partial charge in [0, 0.05) is 0 Å². The van der Waals surface area contributed by atoms with Crippen LogP contribution >= 0.6 is 0 Å². The number of ether oxygens (including phenoxy) is 1. The van der Waals surface area contributed by atoms with Gasteiger partial charge in [0.2, 0.25) is 0 Å². The Kier molecular flexibility index (Phi) is 3.14. The number of hydrogen-bond donors (Lipinski definition) is 2. The van der Waals surface area contributed by atoms with Gasteiger partial charge in [0.1, 0.15) is 6.67 Å². The molecule has 1 saturated heterocycles. The van der Waals surface area contributed by atoms with Crippen molar-refractivity contribution in [1.82, 2.24) is 10.2 Å². The monoisotopic (exact) mass is 262 g/mol. The molecule has 0 spiro atoms. The number of carbonyl (C=O) groups is 1. The third kappa shape index (κ3) is 1.90. The molecule has 0 bridgehead atoms. The van der Waals surface area contributed by atoms with E-state index in [1.807, 2.05) is 0 Å². The standard InChI is InChI=1S/C10H16F2N4O2/c1-3-6-5(2)10(11,12)7(18-6)16-4-14-8(13)15-9(16)17/h5-7H,3-4H2,1-2H3,(H3,13,14,15,17)/t5-,6-,7-/m1/s1. The Morgan fingerprint density at radius 2 is 2.33 bits per heavy atom. The van der Waals surface area contributed by atoms with Crippen LogP contribution in [0.25, 0.3) is 0 Å². The van der Waals surface area contributed by atoms with Crippen molar-refractivity contribution in [1.29, 1.82) is 0 Å². The van der Waals surface area contributed by atoms with Crippen molar-refractivity contribution in [2.24, 2.45) is 16.6 Å². The highest BCUT2D eigenvalue weighted by Gasteiger charge is 2.59. The molecule has 2 rings (SSSR count). The zero-order chi connectivity index (χ0) is 13.5. The van der Waals surface area contributed by atoms with Crippen molar-refractivity contribution < 1.29 is 18.3 Å². The smallest absolute Gasteiger partial charge is 0.327 e. The van der Waals surface area contributed by atoms with Crippen LogP contribution in [0.5, 0.6) is 0 Å². The summed E-state index contributed by atoms with van der Waals surface area (Å²) in [5.41, 5.74) is 5.30. The molecule has 18 heavy (non-hydrogen) atoms. The molecule has 3 atom stereocenters. The lowest BCUT2D eigenvalue weighted by atomic mass is 9.97. The Bertz CT molecular complexity index is 388. The van der Waals surface area contributed by atoms with Crippen LogP contribution in [0.2, 0.25) is 0 Å². The maximum absolute atomic E-state index is 14.1. The first kappa shape index (κ1) is 13.0. The molecule has 2 aliphatic rings. The predicted octanol–water partition coefficient (Wildman–Crippen LogP) is 0.690. The Hall–Kier alpha value is -1.44. The van der Waals surface area contributed by atoms with Gasteiger partial charge in [-0.3, -0.25) is 10.2 Å². The first-order valence-corrected chi connectivity index (χ1v) is 5.78. The highest BCUT2D eigenvalue weighted by Crippen LogP contribution is 2.43. The van der Waals surface area contributed by atoms with Crippen molar-refractivity contribution >= 4 is 12.0 Å². The number of aliphatic imine (C=N–C) groups is 1. The number of nitrogens with one attached hydrogen (secondary N) is 1. The first-order chi connectivity index (χ1) is 8.37. The molecule has 102 valence electrons. The second kappa shape index (κ2) is 4.34. The van der Waals surface area contributed by atoms with E-state index in [2.05, 4.69) is 10.3 Å². The highest BCUT2D eigenvalue weighted by molar-refractivity contribution is 5.96. The molecule has 0 saturated carbocycles. The van der Waals surface area contributed by atoms with E-state index in [9.17, 15) is 13.6 Å². The zero-order valence-corrected chi connectivity index (χ0v) is 10.2. The largest absolute Gasteiger partial charge is 0.370 e. The van der Waals surface area contributed by atoms with Crippen LogP contribution in [0.15, 0.2) is 4.99 Å². The molecule has 0 aromatic rings. The summed E-state index contributed by atoms with van der Waals surface area (Å²) < 4.78 is 33.4. The second-order valence-corrected chi connectivity index (χ2v) is 4.48. The molecule has 2 aliphatic heterocycles. The molecule has 0 aromatic heterocycles. The van der Waals surface area contributed by atoms with Gasteiger partial charge in [-0.1, -0.05) is 13.8 Å². The maximum Gasteiger partial charge on any atom is 0.327 e. The lowest BCUT2D eigenvalue weighted by molar-refractivity contribution is -0.142. The molecule has 0 unspecified atom stereocenters. The summed E-state index contributed by atoms with van der Waals surface area (Å²) in [6, 6.07) is -0.712. The van der Waals surface area contributed by atoms with E-state index in [0.29, 0.717) is 6.42 Å². The third-order valence-corrected chi connectivity index (χ3v) is 3.37. The van der Waals surface area contributed by atoms with E-state index in [0.717, 1.165) is 4.90 Å². The SMILES string of the molecule is CC[C@H]1O[C@@H](N2CN=C(N)NC2=O)C(F)(F)[C@@H]1C. The second-order valence-electron chi connectivity index (χ2n) is 4.48. The molecule has 0 aliphatic carbocycles. The minimum absolute atomic E-state index is 0.0716. The fourth-order valence-electron chi connectivity index (χ4n) is 2.20. The number of halogens is 2. The Morgan fingerprint density at radius 3 is 2.83 bits per heavy atom. The van der Waals surface area contributed by atoms with Gasteiger partial charge >= 0.3 is 6.03 Å². The molecule has 0 aromatic carbocycles. The number of guanidine groups is 1. The summed E-state index contributed by atoms with van der Waals surface area (Å²) in [6.07, 6.45) is -1.69. The van der Waals surface area contributed by atoms with Crippen LogP contribution in [0, 0.1) is 5.92 Å². The van der Waals surface area contributed by atoms with Gasteiger partial charge in [-0.05, 0) is 6.42 Å². The van der Waals surface area contributed by atoms with Crippen LogP contribution in [0.4, 0.5) is 13.6 Å². The minimum atomic E-state index is -3.10. The van der Waals surface area contributed by atoms with Gasteiger partial charge in [-0.15, -0.1) is 0 Å². The van der Waals surface area contributed by atoms with Gasteiger partial charge in [-0.25, -0.2) is 18.6 Å². The van der Waals surface area contributed by atoms with Crippen LogP contribution in [-0.4, -0.2) is 41.8 Å². The van der Waals surface area contributed by atoms with Crippen molar-refractivity contribution in [3.8, 4) is 0 Å². The lowest BCUT2D eigenvalue weighted by Gasteiger charge is -2.33. The summed E-state index contributed by atoms with van der Waals surface area (Å²) in [5, 5.41) is 2.19. The summed E-state index contributed by atoms with van der Waals surface area (Å²) in [4.78, 5) is 16.2. The number of carbonyl (C=O) groups excluding carboxylic acids is 1. The number of nitrogens with two attached hydrogens (primary N) is 1. The van der Waals surface area contributed by atoms with Crippen molar-refractivity contribution in [3.05, 3.63) is 0 Å². The van der Waals surface area contributed by atoms with E-state index in [1.54, 1.807) is 6.92 Å². The fraction of sp³-hybridized carbons (Fsp3) is 0.800. The van der Waals surface area contributed by atoms with Crippen LogP contribution in [0.3, 0.4) is 0 Å². The van der Waals surface area contributed by atoms with E-state index < -0.39 is 30.2 Å². The Balaban J connectivity index is 2.21. The molecule has 1 fully saturated rings. The van der Waals surface area contributed by atoms with E-state index in [4.69, 9.17) is 10.5 Å². The Morgan fingerprint density at radius 1 is 1.67 bits per heavy atom. The van der Waals surface area contributed by atoms with Gasteiger partial charge in [0.15, 0.2) is 12.2 Å². The highest BCUT2D eigenvalue weighted by atomic mass is 19.3. The molecule has 3 N–H and O–H groups in total. The maximum atomic E-state index is 14.1. The summed E-state index contributed by atoms with van der Waals surface area (Å²) >= 11 is 0. The normalized spacial score (nSPS) is 35.3. The predicted molar refractivity (Wildman–Crippen MR) is 59.9 cm³/mol. The number of nitrogens with zero attached hydrogens (tertiary/aromatic N) is 2. The number of hydrogen-bond acceptors (Lipinski definition) is 4. The molecular weight excluding hydrogens is 246 g/mol. The van der Waals surface area contributed by atoms with E-state index in [1.165, 1.54) is 6.92 Å². The fourth-order valence-corrected chi connectivity index (χ4v) is 2.20. The average Bonchev–Trinajstić information content (AvgIpc) is 2.52. The van der Waals surface area contributed by atoms with Crippen LogP contribution < -0.4 is 11.1 Å². The van der Waals surface area contributed by atoms with Gasteiger partial charge in [-0.2, -0.15) is 0 Å². The first-order valence-electron chi connectivity index (χ1n) is 5.78. The Labute approximate surface area is 103 Å². The number of rotatable bonds is 2. The summed E-state index contributed by atoms with van der Waals surface area (Å²) in [5.74, 6) is -4.11. The molecule has 0 radical (unpaired) electrons. The third-order valence-electron chi connectivity index (χ3n) is 3.37. The zero-order valence-electron chi connectivity index (χ0n) is 10.2. The minimum Gasteiger partial charge on any atom is -0.370 e. The number of urea groups is 1. The van der Waals surface area contributed by atoms with Gasteiger partial charge in [0.25, 0.3) is 5.92 Å². The van der Waals surface area contributed by atoms with Gasteiger partial charge in [0.05, 0.1) is 12.0 Å². The van der Waals surface area contributed by atoms with E-state index in [-0.39, 0.29) is 12.6 Å². The van der Waals surface area contributed by atoms with Gasteiger partial charge < -0.3 is 10.5 Å². The quantitative estimate of drug-likeness (QED) is 0.768. The molecule has 2 amide bonds. The van der Waals surface area contributed by atoms with Crippen LogP contribution in [-0.2, 0) is 4.74 Å². The molecule has 2 heterocycles. The lowest BCUT2D eigenvalue weighted by Crippen LogP contribution is -2.58. The average molecular weight is 262 g/mol. The molecular formula is C10H16F2N4O2. The van der Waals surface area contributed by atoms with Crippen molar-refractivity contribution in [2.75, 3.05) is 6.67 Å². The number of alkyl halides is 2. The van der Waals surface area contributed by atoms with Crippen LogP contribution in [0.1, 0.15) is 20.3 Å². The summed E-state index contributed by atoms with van der Waals surface area (Å²) in [6.45, 7) is 2.97. The van der Waals surface area contributed by atoms with Crippen molar-refractivity contribution in [3.63, 3.8) is 0 Å². The van der Waals surface area contributed by atoms with E-state index >= 15 is 0 Å². The number of amides is 2. The topological polar surface area (TPSA) is 79.9 Å².